The predicted molar refractivity (Wildman–Crippen MR) is 143 cm³/mol. The molecule has 1 aliphatic heterocycles. The number of hydrogen-bond acceptors (Lipinski definition) is 5. The van der Waals surface area contributed by atoms with Crippen LogP contribution in [0, 0.1) is 0 Å². The monoisotopic (exact) mass is 509 g/mol. The number of amides is 1. The molecule has 0 saturated heterocycles. The lowest BCUT2D eigenvalue weighted by atomic mass is 10.0. The van der Waals surface area contributed by atoms with Crippen molar-refractivity contribution in [2.24, 2.45) is 0 Å². The number of nitrogens with one attached hydrogen (secondary N) is 1. The summed E-state index contributed by atoms with van der Waals surface area (Å²) in [7, 11) is -3.73. The van der Waals surface area contributed by atoms with Crippen molar-refractivity contribution in [1.82, 2.24) is 4.98 Å². The van der Waals surface area contributed by atoms with E-state index in [0.29, 0.717) is 29.3 Å². The Morgan fingerprint density at radius 2 is 1.59 bits per heavy atom. The second-order valence-corrected chi connectivity index (χ2v) is 10.7. The number of sulfonamides is 1. The summed E-state index contributed by atoms with van der Waals surface area (Å²) in [6.07, 6.45) is 1.62. The average Bonchev–Trinajstić information content (AvgIpc) is 3.37. The number of hydrogen-bond donors (Lipinski definition) is 1. The third-order valence-electron chi connectivity index (χ3n) is 6.46. The zero-order valence-corrected chi connectivity index (χ0v) is 20.6. The van der Waals surface area contributed by atoms with Gasteiger partial charge in [-0.1, -0.05) is 30.3 Å². The molecule has 2 heterocycles. The van der Waals surface area contributed by atoms with Crippen LogP contribution in [0.5, 0.6) is 0 Å². The molecule has 1 aliphatic rings. The summed E-state index contributed by atoms with van der Waals surface area (Å²) in [6.45, 7) is 0.432. The van der Waals surface area contributed by atoms with Crippen LogP contribution in [0.3, 0.4) is 0 Å². The Morgan fingerprint density at radius 1 is 0.865 bits per heavy atom. The van der Waals surface area contributed by atoms with Gasteiger partial charge in [-0.25, -0.2) is 13.4 Å². The first-order chi connectivity index (χ1) is 18.0. The molecular formula is C29H23N3O4S. The van der Waals surface area contributed by atoms with Gasteiger partial charge in [0.2, 0.25) is 5.89 Å². The van der Waals surface area contributed by atoms with Gasteiger partial charge in [0.25, 0.3) is 15.9 Å². The third-order valence-corrected chi connectivity index (χ3v) is 8.28. The molecule has 0 aliphatic carbocycles. The number of oxazole rings is 1. The highest BCUT2D eigenvalue weighted by molar-refractivity contribution is 7.92. The summed E-state index contributed by atoms with van der Waals surface area (Å²) in [5.41, 5.74) is 5.00. The van der Waals surface area contributed by atoms with Gasteiger partial charge < -0.3 is 9.73 Å². The molecule has 1 amide bonds. The zero-order valence-electron chi connectivity index (χ0n) is 19.8. The predicted octanol–water partition coefficient (Wildman–Crippen LogP) is 5.89. The van der Waals surface area contributed by atoms with Gasteiger partial charge >= 0.3 is 0 Å². The van der Waals surface area contributed by atoms with Crippen LogP contribution in [0.15, 0.2) is 106 Å². The summed E-state index contributed by atoms with van der Waals surface area (Å²) in [5, 5.41) is 2.85. The van der Waals surface area contributed by atoms with Crippen LogP contribution < -0.4 is 9.62 Å². The number of aromatic nitrogens is 1. The van der Waals surface area contributed by atoms with Crippen LogP contribution in [-0.2, 0) is 16.4 Å². The van der Waals surface area contributed by atoms with Gasteiger partial charge in [-0.3, -0.25) is 9.10 Å². The van der Waals surface area contributed by atoms with E-state index in [-0.39, 0.29) is 10.8 Å². The highest BCUT2D eigenvalue weighted by atomic mass is 32.2. The zero-order chi connectivity index (χ0) is 25.4. The van der Waals surface area contributed by atoms with E-state index in [9.17, 15) is 13.2 Å². The van der Waals surface area contributed by atoms with Crippen molar-refractivity contribution >= 4 is 38.4 Å². The van der Waals surface area contributed by atoms with Gasteiger partial charge in [-0.05, 0) is 85.1 Å². The van der Waals surface area contributed by atoms with E-state index in [4.69, 9.17) is 4.42 Å². The second kappa shape index (κ2) is 9.22. The van der Waals surface area contributed by atoms with Crippen molar-refractivity contribution in [2.75, 3.05) is 16.2 Å². The first-order valence-electron chi connectivity index (χ1n) is 12.0. The summed E-state index contributed by atoms with van der Waals surface area (Å²) in [6, 6.07) is 28.3. The Hall–Kier alpha value is -4.43. The molecule has 4 aromatic carbocycles. The molecule has 0 bridgehead atoms. The largest absolute Gasteiger partial charge is 0.436 e. The number of nitrogens with zero attached hydrogens (tertiary/aromatic N) is 2. The van der Waals surface area contributed by atoms with Crippen molar-refractivity contribution < 1.29 is 17.6 Å². The number of aryl methyl sites for hydroxylation is 1. The van der Waals surface area contributed by atoms with Crippen LogP contribution in [-0.4, -0.2) is 25.9 Å². The maximum absolute atomic E-state index is 13.3. The molecule has 1 aromatic heterocycles. The molecule has 0 fully saturated rings. The number of para-hydroxylation sites is 3. The molecular weight excluding hydrogens is 486 g/mol. The van der Waals surface area contributed by atoms with Crippen LogP contribution in [0.2, 0.25) is 0 Å². The first kappa shape index (κ1) is 23.0. The van der Waals surface area contributed by atoms with Crippen molar-refractivity contribution in [2.45, 2.75) is 17.7 Å². The topological polar surface area (TPSA) is 92.5 Å². The number of carbonyl (C=O) groups excluding carboxylic acids is 1. The van der Waals surface area contributed by atoms with E-state index in [2.05, 4.69) is 10.3 Å². The van der Waals surface area contributed by atoms with E-state index in [0.717, 1.165) is 35.2 Å². The van der Waals surface area contributed by atoms with E-state index >= 15 is 0 Å². The van der Waals surface area contributed by atoms with Gasteiger partial charge in [0.05, 0.1) is 10.6 Å². The molecule has 0 saturated carbocycles. The van der Waals surface area contributed by atoms with E-state index in [1.54, 1.807) is 12.1 Å². The third kappa shape index (κ3) is 4.36. The standard InChI is InChI=1S/C29H23N3O4S/c33-28(30-23-15-11-22(12-16-23)29-31-25-8-2-4-10-27(25)36-29)21-13-17-24(18-14-21)37(34,35)32-19-5-7-20-6-1-3-9-26(20)32/h1-4,6,8-18H,5,7,19H2,(H,30,33). The summed E-state index contributed by atoms with van der Waals surface area (Å²) in [4.78, 5) is 17.5. The minimum absolute atomic E-state index is 0.156. The second-order valence-electron chi connectivity index (χ2n) is 8.85. The first-order valence-corrected chi connectivity index (χ1v) is 13.4. The summed E-state index contributed by atoms with van der Waals surface area (Å²) >= 11 is 0. The molecule has 7 nitrogen and oxygen atoms in total. The average molecular weight is 510 g/mol. The maximum Gasteiger partial charge on any atom is 0.264 e. The van der Waals surface area contributed by atoms with Gasteiger partial charge in [0.15, 0.2) is 5.58 Å². The molecule has 8 heteroatoms. The van der Waals surface area contributed by atoms with Gasteiger partial charge in [-0.15, -0.1) is 0 Å². The van der Waals surface area contributed by atoms with Crippen molar-refractivity contribution in [3.63, 3.8) is 0 Å². The summed E-state index contributed by atoms with van der Waals surface area (Å²) < 4.78 is 33.9. The van der Waals surface area contributed by atoms with E-state index < -0.39 is 10.0 Å². The molecule has 5 aromatic rings. The SMILES string of the molecule is O=C(Nc1ccc(-c2nc3ccccc3o2)cc1)c1ccc(S(=O)(=O)N2CCCc3ccccc32)cc1. The lowest BCUT2D eigenvalue weighted by Crippen LogP contribution is -2.35. The van der Waals surface area contributed by atoms with Crippen LogP contribution in [0.25, 0.3) is 22.6 Å². The van der Waals surface area contributed by atoms with Crippen LogP contribution >= 0.6 is 0 Å². The number of benzene rings is 4. The Labute approximate surface area is 214 Å². The Balaban J connectivity index is 1.17. The fourth-order valence-corrected chi connectivity index (χ4v) is 6.09. The fourth-order valence-electron chi connectivity index (χ4n) is 4.55. The molecule has 37 heavy (non-hydrogen) atoms. The molecule has 1 N–H and O–H groups in total. The molecule has 184 valence electrons. The van der Waals surface area contributed by atoms with E-state index in [1.165, 1.54) is 28.6 Å². The number of carbonyl (C=O) groups is 1. The van der Waals surface area contributed by atoms with Crippen molar-refractivity contribution in [3.8, 4) is 11.5 Å². The maximum atomic E-state index is 13.3. The molecule has 0 radical (unpaired) electrons. The van der Waals surface area contributed by atoms with Crippen LogP contribution in [0.1, 0.15) is 22.3 Å². The molecule has 0 unspecified atom stereocenters. The lowest BCUT2D eigenvalue weighted by molar-refractivity contribution is 0.102. The van der Waals surface area contributed by atoms with Crippen LogP contribution in [0.4, 0.5) is 11.4 Å². The Bertz CT molecular complexity index is 1680. The smallest absolute Gasteiger partial charge is 0.264 e. The minimum atomic E-state index is -3.73. The number of anilines is 2. The van der Waals surface area contributed by atoms with E-state index in [1.807, 2.05) is 60.7 Å². The van der Waals surface area contributed by atoms with Gasteiger partial charge in [-0.2, -0.15) is 0 Å². The molecule has 6 rings (SSSR count). The van der Waals surface area contributed by atoms with Crippen molar-refractivity contribution in [3.05, 3.63) is 108 Å². The van der Waals surface area contributed by atoms with Gasteiger partial charge in [0, 0.05) is 23.4 Å². The lowest BCUT2D eigenvalue weighted by Gasteiger charge is -2.30. The minimum Gasteiger partial charge on any atom is -0.436 e. The fraction of sp³-hybridized carbons (Fsp3) is 0.103. The quantitative estimate of drug-likeness (QED) is 0.319. The highest BCUT2D eigenvalue weighted by Crippen LogP contribution is 2.32. The Kier molecular flexibility index (Phi) is 5.73. The molecule has 0 spiro atoms. The number of fused-ring (bicyclic) bond motifs is 2. The van der Waals surface area contributed by atoms with Crippen molar-refractivity contribution in [1.29, 1.82) is 0 Å². The number of rotatable bonds is 5. The summed E-state index contributed by atoms with van der Waals surface area (Å²) in [5.74, 6) is 0.175. The van der Waals surface area contributed by atoms with Gasteiger partial charge in [0.1, 0.15) is 5.52 Å². The normalized spacial score (nSPS) is 13.4. The molecule has 0 atom stereocenters. The Morgan fingerprint density at radius 3 is 2.38 bits per heavy atom. The highest BCUT2D eigenvalue weighted by Gasteiger charge is 2.29.